The first-order valence-corrected chi connectivity index (χ1v) is 10.6. The van der Waals surface area contributed by atoms with E-state index in [9.17, 15) is 14.4 Å². The number of rotatable bonds is 3. The summed E-state index contributed by atoms with van der Waals surface area (Å²) < 4.78 is 1.35. The highest BCUT2D eigenvalue weighted by Crippen LogP contribution is 2.22. The molecule has 0 spiro atoms. The molecule has 1 aliphatic rings. The number of benzene rings is 1. The summed E-state index contributed by atoms with van der Waals surface area (Å²) >= 11 is 0. The van der Waals surface area contributed by atoms with E-state index in [1.165, 1.54) is 10.6 Å². The first-order chi connectivity index (χ1) is 14.2. The van der Waals surface area contributed by atoms with Crippen molar-refractivity contribution in [1.82, 2.24) is 9.47 Å². The summed E-state index contributed by atoms with van der Waals surface area (Å²) in [5.41, 5.74) is 1.77. The molecule has 1 fully saturated rings. The Morgan fingerprint density at radius 2 is 1.53 bits per heavy atom. The zero-order chi connectivity index (χ0) is 21.9. The van der Waals surface area contributed by atoms with E-state index in [0.717, 1.165) is 44.3 Å². The summed E-state index contributed by atoms with van der Waals surface area (Å²) in [5.74, 6) is -0.468. The molecule has 1 aromatic heterocycles. The van der Waals surface area contributed by atoms with Crippen LogP contribution in [0.15, 0.2) is 41.3 Å². The minimum Gasteiger partial charge on any atom is -0.339 e. The molecule has 3 rings (SSSR count). The van der Waals surface area contributed by atoms with Crippen LogP contribution in [0.25, 0.3) is 0 Å². The Morgan fingerprint density at radius 1 is 0.933 bits per heavy atom. The lowest BCUT2D eigenvalue weighted by Crippen LogP contribution is -2.33. The fraction of sp³-hybridized carbons (Fsp3) is 0.458. The Labute approximate surface area is 177 Å². The number of anilines is 1. The normalized spacial score (nSPS) is 14.9. The number of amides is 2. The van der Waals surface area contributed by atoms with Crippen molar-refractivity contribution in [2.75, 3.05) is 18.4 Å². The van der Waals surface area contributed by atoms with Crippen molar-refractivity contribution in [3.63, 3.8) is 0 Å². The van der Waals surface area contributed by atoms with E-state index in [2.05, 4.69) is 26.1 Å². The van der Waals surface area contributed by atoms with Gasteiger partial charge in [-0.15, -0.1) is 0 Å². The second-order valence-electron chi connectivity index (χ2n) is 9.05. The van der Waals surface area contributed by atoms with Crippen LogP contribution in [0.2, 0.25) is 0 Å². The first-order valence-electron chi connectivity index (χ1n) is 10.6. The van der Waals surface area contributed by atoms with E-state index >= 15 is 0 Å². The fourth-order valence-corrected chi connectivity index (χ4v) is 3.69. The Bertz CT molecular complexity index is 976. The second-order valence-corrected chi connectivity index (χ2v) is 9.05. The van der Waals surface area contributed by atoms with Crippen molar-refractivity contribution >= 4 is 17.5 Å². The number of nitrogens with zero attached hydrogens (tertiary/aromatic N) is 2. The Balaban J connectivity index is 1.82. The highest BCUT2D eigenvalue weighted by atomic mass is 16.2. The van der Waals surface area contributed by atoms with E-state index in [1.54, 1.807) is 25.4 Å². The Kier molecular flexibility index (Phi) is 6.44. The van der Waals surface area contributed by atoms with E-state index in [4.69, 9.17) is 0 Å². The van der Waals surface area contributed by atoms with E-state index in [0.29, 0.717) is 11.1 Å². The summed E-state index contributed by atoms with van der Waals surface area (Å²) in [4.78, 5) is 40.1. The van der Waals surface area contributed by atoms with Crippen LogP contribution in [0.1, 0.15) is 72.7 Å². The van der Waals surface area contributed by atoms with Gasteiger partial charge in [-0.3, -0.25) is 14.4 Å². The van der Waals surface area contributed by atoms with Crippen molar-refractivity contribution in [1.29, 1.82) is 0 Å². The number of carbonyl (C=O) groups is 2. The van der Waals surface area contributed by atoms with Crippen molar-refractivity contribution in [3.8, 4) is 0 Å². The van der Waals surface area contributed by atoms with Crippen molar-refractivity contribution < 1.29 is 9.59 Å². The smallest absolute Gasteiger partial charge is 0.274 e. The van der Waals surface area contributed by atoms with Gasteiger partial charge >= 0.3 is 0 Å². The van der Waals surface area contributed by atoms with Crippen LogP contribution < -0.4 is 10.9 Å². The molecule has 0 saturated carbocycles. The van der Waals surface area contributed by atoms with Crippen molar-refractivity contribution in [3.05, 3.63) is 63.6 Å². The quantitative estimate of drug-likeness (QED) is 0.834. The summed E-state index contributed by atoms with van der Waals surface area (Å²) in [6.45, 7) is 7.78. The van der Waals surface area contributed by atoms with Gasteiger partial charge in [0.05, 0.1) is 5.56 Å². The highest BCUT2D eigenvalue weighted by molar-refractivity contribution is 6.05. The number of nitrogens with one attached hydrogen (secondary N) is 1. The Morgan fingerprint density at radius 3 is 2.10 bits per heavy atom. The van der Waals surface area contributed by atoms with Crippen LogP contribution in [0.4, 0.5) is 5.69 Å². The molecule has 6 heteroatoms. The van der Waals surface area contributed by atoms with Gasteiger partial charge in [0.2, 0.25) is 0 Å². The fourth-order valence-electron chi connectivity index (χ4n) is 3.69. The second kappa shape index (κ2) is 8.86. The lowest BCUT2D eigenvalue weighted by atomic mass is 9.87. The van der Waals surface area contributed by atoms with Crippen molar-refractivity contribution in [2.24, 2.45) is 7.05 Å². The van der Waals surface area contributed by atoms with Gasteiger partial charge in [0.25, 0.3) is 17.4 Å². The molecule has 2 aromatic rings. The van der Waals surface area contributed by atoms with Crippen LogP contribution >= 0.6 is 0 Å². The zero-order valence-corrected chi connectivity index (χ0v) is 18.3. The van der Waals surface area contributed by atoms with E-state index in [-0.39, 0.29) is 28.5 Å². The lowest BCUT2D eigenvalue weighted by molar-refractivity contribution is 0.0760. The third kappa shape index (κ3) is 4.99. The molecule has 0 atom stereocenters. The van der Waals surface area contributed by atoms with Gasteiger partial charge in [-0.2, -0.15) is 0 Å². The summed E-state index contributed by atoms with van der Waals surface area (Å²) in [6.07, 6.45) is 5.79. The van der Waals surface area contributed by atoms with E-state index in [1.807, 2.05) is 17.0 Å². The summed E-state index contributed by atoms with van der Waals surface area (Å²) in [5, 5.41) is 2.69. The lowest BCUT2D eigenvalue weighted by Gasteiger charge is -2.21. The van der Waals surface area contributed by atoms with Gasteiger partial charge in [-0.25, -0.2) is 0 Å². The average Bonchev–Trinajstić information content (AvgIpc) is 2.99. The molecule has 6 nitrogen and oxygen atoms in total. The summed E-state index contributed by atoms with van der Waals surface area (Å²) in [7, 11) is 1.59. The van der Waals surface area contributed by atoms with Crippen LogP contribution in [0, 0.1) is 0 Å². The highest BCUT2D eigenvalue weighted by Gasteiger charge is 2.20. The third-order valence-electron chi connectivity index (χ3n) is 5.58. The maximum Gasteiger partial charge on any atom is 0.274 e. The first kappa shape index (κ1) is 21.8. The van der Waals surface area contributed by atoms with E-state index < -0.39 is 0 Å². The molecule has 160 valence electrons. The minimum absolute atomic E-state index is 0.00697. The molecule has 0 unspecified atom stereocenters. The predicted octanol–water partition coefficient (Wildman–Crippen LogP) is 3.95. The number of likely N-dealkylation sites (tertiary alicyclic amines) is 1. The summed E-state index contributed by atoms with van der Waals surface area (Å²) in [6, 6.07) is 8.86. The predicted molar refractivity (Wildman–Crippen MR) is 119 cm³/mol. The number of hydrogen-bond acceptors (Lipinski definition) is 3. The minimum atomic E-state index is -0.369. The SMILES string of the molecule is Cn1cc(C(=O)N2CCCCCC2)cc(NC(=O)c2ccc(C(C)(C)C)cc2)c1=O. The molecule has 0 bridgehead atoms. The van der Waals surface area contributed by atoms with Gasteiger partial charge in [0, 0.05) is 31.9 Å². The van der Waals surface area contributed by atoms with Crippen LogP contribution in [-0.2, 0) is 12.5 Å². The molecule has 2 heterocycles. The largest absolute Gasteiger partial charge is 0.339 e. The number of hydrogen-bond donors (Lipinski definition) is 1. The van der Waals surface area contributed by atoms with Gasteiger partial charge < -0.3 is 14.8 Å². The molecule has 0 radical (unpaired) electrons. The Hall–Kier alpha value is -2.89. The molecular formula is C24H31N3O3. The number of aryl methyl sites for hydroxylation is 1. The average molecular weight is 410 g/mol. The molecule has 1 N–H and O–H groups in total. The number of carbonyl (C=O) groups excluding carboxylic acids is 2. The van der Waals surface area contributed by atoms with Crippen LogP contribution in [-0.4, -0.2) is 34.4 Å². The molecule has 1 aromatic carbocycles. The molecule has 1 aliphatic heterocycles. The van der Waals surface area contributed by atoms with Gasteiger partial charge in [0.1, 0.15) is 5.69 Å². The molecule has 30 heavy (non-hydrogen) atoms. The standard InChI is InChI=1S/C24H31N3O3/c1-24(2,3)19-11-9-17(10-12-19)21(28)25-20-15-18(16-26(4)23(20)30)22(29)27-13-7-5-6-8-14-27/h9-12,15-16H,5-8,13-14H2,1-4H3,(H,25,28). The van der Waals surface area contributed by atoms with Gasteiger partial charge in [-0.05, 0) is 42.0 Å². The molecule has 1 saturated heterocycles. The third-order valence-corrected chi connectivity index (χ3v) is 5.58. The van der Waals surface area contributed by atoms with Gasteiger partial charge in [0.15, 0.2) is 0 Å². The number of pyridine rings is 1. The molecular weight excluding hydrogens is 378 g/mol. The zero-order valence-electron chi connectivity index (χ0n) is 18.3. The molecule has 2 amide bonds. The maximum absolute atomic E-state index is 13.0. The van der Waals surface area contributed by atoms with Crippen LogP contribution in [0.3, 0.4) is 0 Å². The number of aromatic nitrogens is 1. The van der Waals surface area contributed by atoms with Crippen molar-refractivity contribution in [2.45, 2.75) is 51.9 Å². The topological polar surface area (TPSA) is 71.4 Å². The van der Waals surface area contributed by atoms with Gasteiger partial charge in [-0.1, -0.05) is 45.7 Å². The maximum atomic E-state index is 13.0. The monoisotopic (exact) mass is 409 g/mol. The van der Waals surface area contributed by atoms with Crippen LogP contribution in [0.5, 0.6) is 0 Å². The molecule has 0 aliphatic carbocycles.